The zero-order valence-electron chi connectivity index (χ0n) is 13.0. The van der Waals surface area contributed by atoms with E-state index in [-0.39, 0.29) is 12.2 Å². The lowest BCUT2D eigenvalue weighted by Crippen LogP contribution is -2.14. The van der Waals surface area contributed by atoms with E-state index >= 15 is 0 Å². The average Bonchev–Trinajstić information content (AvgIpc) is 3.19. The predicted octanol–water partition coefficient (Wildman–Crippen LogP) is 2.12. The molecule has 0 atom stereocenters. The maximum absolute atomic E-state index is 12.1. The van der Waals surface area contributed by atoms with Crippen LogP contribution in [0.5, 0.6) is 0 Å². The summed E-state index contributed by atoms with van der Waals surface area (Å²) < 4.78 is 2.86. The normalized spacial score (nSPS) is 10.6. The van der Waals surface area contributed by atoms with Gasteiger partial charge < -0.3 is 10.4 Å². The lowest BCUT2D eigenvalue weighted by Gasteiger charge is -2.02. The van der Waals surface area contributed by atoms with Gasteiger partial charge in [-0.05, 0) is 23.8 Å². The van der Waals surface area contributed by atoms with E-state index in [9.17, 15) is 9.59 Å². The van der Waals surface area contributed by atoms with E-state index in [1.54, 1.807) is 23.0 Å². The highest BCUT2D eigenvalue weighted by Gasteiger charge is 2.12. The molecule has 3 rings (SSSR count). The number of aromatic nitrogens is 4. The highest BCUT2D eigenvalue weighted by molar-refractivity contribution is 6.30. The molecule has 0 spiro atoms. The molecule has 0 fully saturated rings. The second kappa shape index (κ2) is 7.18. The zero-order chi connectivity index (χ0) is 17.8. The van der Waals surface area contributed by atoms with Crippen molar-refractivity contribution in [3.05, 3.63) is 65.2 Å². The van der Waals surface area contributed by atoms with Crippen molar-refractivity contribution in [1.29, 1.82) is 0 Å². The topological polar surface area (TPSA) is 102 Å². The molecule has 1 aromatic carbocycles. The van der Waals surface area contributed by atoms with Crippen LogP contribution in [0.2, 0.25) is 5.02 Å². The van der Waals surface area contributed by atoms with E-state index in [0.29, 0.717) is 17.3 Å². The molecule has 2 aromatic heterocycles. The third-order valence-corrected chi connectivity index (χ3v) is 3.57. The van der Waals surface area contributed by atoms with E-state index < -0.39 is 11.9 Å². The van der Waals surface area contributed by atoms with Crippen LogP contribution in [0.15, 0.2) is 48.9 Å². The summed E-state index contributed by atoms with van der Waals surface area (Å²) in [6.45, 7) is 0.243. The average molecular weight is 360 g/mol. The van der Waals surface area contributed by atoms with Gasteiger partial charge in [0.25, 0.3) is 5.91 Å². The fourth-order valence-electron chi connectivity index (χ4n) is 2.20. The van der Waals surface area contributed by atoms with Crippen LogP contribution in [-0.2, 0) is 17.9 Å². The number of hydrogen-bond donors (Lipinski definition) is 2. The van der Waals surface area contributed by atoms with E-state index in [1.165, 1.54) is 23.1 Å². The van der Waals surface area contributed by atoms with Crippen LogP contribution in [0.1, 0.15) is 16.1 Å². The smallest absolute Gasteiger partial charge is 0.325 e. The molecular weight excluding hydrogens is 346 g/mol. The highest BCUT2D eigenvalue weighted by atomic mass is 35.5. The minimum absolute atomic E-state index is 0.131. The van der Waals surface area contributed by atoms with Crippen molar-refractivity contribution in [2.24, 2.45) is 0 Å². The number of hydrogen-bond acceptors (Lipinski definition) is 4. The van der Waals surface area contributed by atoms with Crippen LogP contribution in [0.25, 0.3) is 0 Å². The van der Waals surface area contributed by atoms with Crippen LogP contribution in [-0.4, -0.2) is 36.5 Å². The summed E-state index contributed by atoms with van der Waals surface area (Å²) in [4.78, 5) is 22.8. The Bertz CT molecular complexity index is 901. The van der Waals surface area contributed by atoms with Gasteiger partial charge in [-0.1, -0.05) is 23.7 Å². The Labute approximate surface area is 147 Å². The maximum atomic E-state index is 12.1. The molecule has 2 N–H and O–H groups in total. The molecule has 0 aliphatic rings. The standard InChI is InChI=1S/C16H14ClN5O3/c17-12-3-1-11(2-4-12)8-22-9-13(7-18-22)19-16(25)14-5-6-21(20-14)10-15(23)24/h1-7,9H,8,10H2,(H,19,25)(H,23,24). The number of nitrogens with one attached hydrogen (secondary N) is 1. The summed E-state index contributed by atoms with van der Waals surface area (Å²) in [5.74, 6) is -1.46. The van der Waals surface area contributed by atoms with Crippen molar-refractivity contribution in [2.45, 2.75) is 13.1 Å². The number of carboxylic acids is 1. The molecule has 0 bridgehead atoms. The predicted molar refractivity (Wildman–Crippen MR) is 90.6 cm³/mol. The Balaban J connectivity index is 1.62. The number of carboxylic acid groups (broad SMARTS) is 1. The van der Waals surface area contributed by atoms with Gasteiger partial charge in [0.2, 0.25) is 0 Å². The second-order valence-electron chi connectivity index (χ2n) is 5.30. The van der Waals surface area contributed by atoms with E-state index in [0.717, 1.165) is 5.56 Å². The quantitative estimate of drug-likeness (QED) is 0.701. The molecule has 25 heavy (non-hydrogen) atoms. The van der Waals surface area contributed by atoms with E-state index in [1.807, 2.05) is 12.1 Å². The van der Waals surface area contributed by atoms with Crippen molar-refractivity contribution < 1.29 is 14.7 Å². The largest absolute Gasteiger partial charge is 0.480 e. The summed E-state index contributed by atoms with van der Waals surface area (Å²) in [6, 6.07) is 8.86. The van der Waals surface area contributed by atoms with Gasteiger partial charge in [0.15, 0.2) is 5.69 Å². The number of aliphatic carboxylic acids is 1. The number of carbonyl (C=O) groups excluding carboxylic acids is 1. The monoisotopic (exact) mass is 359 g/mol. The number of nitrogens with zero attached hydrogens (tertiary/aromatic N) is 4. The molecule has 0 saturated carbocycles. The fraction of sp³-hybridized carbons (Fsp3) is 0.125. The van der Waals surface area contributed by atoms with Crippen molar-refractivity contribution in [3.8, 4) is 0 Å². The Morgan fingerprint density at radius 2 is 1.92 bits per heavy atom. The summed E-state index contributed by atoms with van der Waals surface area (Å²) in [5, 5.41) is 20.2. The van der Waals surface area contributed by atoms with Crippen LogP contribution in [0.3, 0.4) is 0 Å². The number of carbonyl (C=O) groups is 2. The lowest BCUT2D eigenvalue weighted by molar-refractivity contribution is -0.137. The van der Waals surface area contributed by atoms with Gasteiger partial charge in [-0.15, -0.1) is 0 Å². The molecule has 0 aliphatic carbocycles. The zero-order valence-corrected chi connectivity index (χ0v) is 13.7. The SMILES string of the molecule is O=C(O)Cn1ccc(C(=O)Nc2cnn(Cc3ccc(Cl)cc3)c2)n1. The molecule has 0 unspecified atom stereocenters. The van der Waals surface area contributed by atoms with Gasteiger partial charge in [-0.25, -0.2) is 0 Å². The van der Waals surface area contributed by atoms with Gasteiger partial charge >= 0.3 is 5.97 Å². The maximum Gasteiger partial charge on any atom is 0.325 e. The van der Waals surface area contributed by atoms with Gasteiger partial charge in [0.05, 0.1) is 18.4 Å². The van der Waals surface area contributed by atoms with Crippen molar-refractivity contribution in [3.63, 3.8) is 0 Å². The summed E-state index contributed by atoms with van der Waals surface area (Å²) >= 11 is 5.85. The van der Waals surface area contributed by atoms with Crippen molar-refractivity contribution in [2.75, 3.05) is 5.32 Å². The lowest BCUT2D eigenvalue weighted by atomic mass is 10.2. The van der Waals surface area contributed by atoms with Crippen LogP contribution in [0.4, 0.5) is 5.69 Å². The van der Waals surface area contributed by atoms with Gasteiger partial charge in [-0.2, -0.15) is 10.2 Å². The molecule has 0 radical (unpaired) electrons. The molecule has 0 aliphatic heterocycles. The molecule has 1 amide bonds. The number of amides is 1. The number of halogens is 1. The van der Waals surface area contributed by atoms with E-state index in [4.69, 9.17) is 16.7 Å². The first-order valence-electron chi connectivity index (χ1n) is 7.33. The molecule has 0 saturated heterocycles. The minimum atomic E-state index is -1.03. The first-order valence-corrected chi connectivity index (χ1v) is 7.71. The Morgan fingerprint density at radius 1 is 1.16 bits per heavy atom. The molecular formula is C16H14ClN5O3. The Morgan fingerprint density at radius 3 is 2.64 bits per heavy atom. The van der Waals surface area contributed by atoms with Crippen LogP contribution in [0, 0.1) is 0 Å². The third kappa shape index (κ3) is 4.45. The molecule has 3 aromatic rings. The Hall–Kier alpha value is -3.13. The number of rotatable bonds is 6. The van der Waals surface area contributed by atoms with Crippen LogP contribution >= 0.6 is 11.6 Å². The van der Waals surface area contributed by atoms with Gasteiger partial charge in [0, 0.05) is 17.4 Å². The van der Waals surface area contributed by atoms with Gasteiger partial charge in [0.1, 0.15) is 6.54 Å². The fourth-order valence-corrected chi connectivity index (χ4v) is 2.32. The molecule has 128 valence electrons. The summed E-state index contributed by atoms with van der Waals surface area (Å²) in [6.07, 6.45) is 4.66. The van der Waals surface area contributed by atoms with Gasteiger partial charge in [-0.3, -0.25) is 19.0 Å². The number of benzene rings is 1. The van der Waals surface area contributed by atoms with Crippen molar-refractivity contribution in [1.82, 2.24) is 19.6 Å². The summed E-state index contributed by atoms with van der Waals surface area (Å²) in [5.41, 5.74) is 1.68. The minimum Gasteiger partial charge on any atom is -0.480 e. The summed E-state index contributed by atoms with van der Waals surface area (Å²) in [7, 11) is 0. The van der Waals surface area contributed by atoms with E-state index in [2.05, 4.69) is 15.5 Å². The second-order valence-corrected chi connectivity index (χ2v) is 5.74. The third-order valence-electron chi connectivity index (χ3n) is 3.32. The van der Waals surface area contributed by atoms with Crippen LogP contribution < -0.4 is 5.32 Å². The Kier molecular flexibility index (Phi) is 4.80. The highest BCUT2D eigenvalue weighted by Crippen LogP contribution is 2.12. The molecule has 8 nitrogen and oxygen atoms in total. The first-order chi connectivity index (χ1) is 12.0. The molecule has 9 heteroatoms. The first kappa shape index (κ1) is 16.7. The van der Waals surface area contributed by atoms with Crippen molar-refractivity contribution >= 4 is 29.2 Å². The number of anilines is 1. The molecule has 2 heterocycles.